The van der Waals surface area contributed by atoms with Gasteiger partial charge in [-0.25, -0.2) is 4.98 Å². The van der Waals surface area contributed by atoms with Gasteiger partial charge in [0.05, 0.1) is 0 Å². The molecule has 204 valence electrons. The molecule has 3 aromatic rings. The van der Waals surface area contributed by atoms with Crippen LogP contribution in [0.5, 0.6) is 11.5 Å². The van der Waals surface area contributed by atoms with Crippen LogP contribution in [-0.2, 0) is 0 Å². The van der Waals surface area contributed by atoms with Crippen LogP contribution < -0.4 is 15.2 Å². The summed E-state index contributed by atoms with van der Waals surface area (Å²) in [6.45, 7) is 12.4. The average molecular weight is 537 g/mol. The molecule has 2 aromatic carbocycles. The zero-order valence-electron chi connectivity index (χ0n) is 22.6. The van der Waals surface area contributed by atoms with Crippen molar-refractivity contribution in [1.82, 2.24) is 25.0 Å². The molecule has 0 aliphatic carbocycles. The number of hydrogen-bond donors (Lipinski definition) is 2. The number of aromatic nitrogens is 3. The number of nitrogens with two attached hydrogens (primary N) is 1. The van der Waals surface area contributed by atoms with E-state index in [1.807, 2.05) is 31.2 Å². The summed E-state index contributed by atoms with van der Waals surface area (Å²) in [5.74, 6) is 2.53. The van der Waals surface area contributed by atoms with Crippen LogP contribution in [0.4, 0.5) is 0 Å². The minimum atomic E-state index is 0.420. The monoisotopic (exact) mass is 536 g/mol. The minimum absolute atomic E-state index is 0.420. The molecule has 0 amide bonds. The largest absolute Gasteiger partial charge is 0.492 e. The zero-order chi connectivity index (χ0) is 26.7. The number of nitrogens with zero attached hydrogens (tertiary/aromatic N) is 4. The van der Waals surface area contributed by atoms with E-state index in [4.69, 9.17) is 27.4 Å². The lowest BCUT2D eigenvalue weighted by molar-refractivity contribution is 0.237. The highest BCUT2D eigenvalue weighted by Gasteiger charge is 2.12. The van der Waals surface area contributed by atoms with E-state index in [9.17, 15) is 0 Å². The summed E-state index contributed by atoms with van der Waals surface area (Å²) >= 11 is 5.00. The van der Waals surface area contributed by atoms with Crippen LogP contribution in [0.3, 0.4) is 0 Å². The Morgan fingerprint density at radius 2 is 1.39 bits per heavy atom. The standard InChI is InChI=1S/C15H20N4O.C14H20N2OS/c1-12-8-13(15-16-11-17-18-15)10-14(9-12)20-7-6-19-4-2-3-5-19;1-11-8-12(14(15)18)10-13(9-11)17-7-6-16-4-2-3-5-16/h8-11H,2-7H2,1H3,(H,16,17,18);8-10H,2-7H2,1H3,(H2,15,18). The zero-order valence-corrected chi connectivity index (χ0v) is 23.4. The Bertz CT molecular complexity index is 1160. The first kappa shape index (κ1) is 28.0. The third kappa shape index (κ3) is 8.79. The third-order valence-electron chi connectivity index (χ3n) is 6.82. The van der Waals surface area contributed by atoms with Gasteiger partial charge in [0.15, 0.2) is 5.82 Å². The Labute approximate surface area is 231 Å². The highest BCUT2D eigenvalue weighted by atomic mass is 32.1. The maximum absolute atomic E-state index is 5.88. The van der Waals surface area contributed by atoms with E-state index in [-0.39, 0.29) is 0 Å². The molecular formula is C29H40N6O2S. The SMILES string of the molecule is Cc1cc(OCCN2CCCC2)cc(-c2ncn[nH]2)c1.Cc1cc(OCCN2CCCC2)cc(C(N)=S)c1. The maximum atomic E-state index is 5.88. The van der Waals surface area contributed by atoms with Crippen LogP contribution in [0.25, 0.3) is 11.4 Å². The van der Waals surface area contributed by atoms with Gasteiger partial charge >= 0.3 is 0 Å². The Morgan fingerprint density at radius 3 is 1.92 bits per heavy atom. The van der Waals surface area contributed by atoms with Crippen LogP contribution in [0.2, 0.25) is 0 Å². The lowest BCUT2D eigenvalue weighted by atomic mass is 10.1. The molecule has 0 bridgehead atoms. The summed E-state index contributed by atoms with van der Waals surface area (Å²) in [6, 6.07) is 12.1. The van der Waals surface area contributed by atoms with Crippen molar-refractivity contribution < 1.29 is 9.47 Å². The fourth-order valence-electron chi connectivity index (χ4n) is 4.88. The molecule has 0 spiro atoms. The van der Waals surface area contributed by atoms with Crippen molar-refractivity contribution in [2.75, 3.05) is 52.5 Å². The molecule has 38 heavy (non-hydrogen) atoms. The molecule has 3 N–H and O–H groups in total. The second kappa shape index (κ2) is 14.2. The molecule has 2 aliphatic heterocycles. The molecule has 1 aromatic heterocycles. The molecule has 0 saturated carbocycles. The Balaban J connectivity index is 0.000000178. The molecule has 0 unspecified atom stereocenters. The minimum Gasteiger partial charge on any atom is -0.492 e. The number of rotatable bonds is 10. The van der Waals surface area contributed by atoms with Crippen molar-refractivity contribution in [3.8, 4) is 22.9 Å². The molecule has 8 nitrogen and oxygen atoms in total. The Morgan fingerprint density at radius 1 is 0.842 bits per heavy atom. The topological polar surface area (TPSA) is 92.5 Å². The van der Waals surface area contributed by atoms with Crippen LogP contribution in [0.15, 0.2) is 42.7 Å². The number of nitrogens with one attached hydrogen (secondary N) is 1. The normalized spacial score (nSPS) is 15.7. The molecule has 2 fully saturated rings. The summed E-state index contributed by atoms with van der Waals surface area (Å²) in [5.41, 5.74) is 9.82. The molecular weight excluding hydrogens is 496 g/mol. The predicted molar refractivity (Wildman–Crippen MR) is 156 cm³/mol. The van der Waals surface area contributed by atoms with Crippen molar-refractivity contribution in [2.45, 2.75) is 39.5 Å². The molecule has 3 heterocycles. The second-order valence-corrected chi connectivity index (χ2v) is 10.5. The number of thiocarbonyl (C=S) groups is 1. The van der Waals surface area contributed by atoms with Crippen molar-refractivity contribution in [1.29, 1.82) is 0 Å². The smallest absolute Gasteiger partial charge is 0.155 e. The summed E-state index contributed by atoms with van der Waals surface area (Å²) < 4.78 is 11.7. The van der Waals surface area contributed by atoms with Gasteiger partial charge in [-0.2, -0.15) is 5.10 Å². The fourth-order valence-corrected chi connectivity index (χ4v) is 5.00. The number of likely N-dealkylation sites (tertiary alicyclic amines) is 2. The maximum Gasteiger partial charge on any atom is 0.155 e. The number of aromatic amines is 1. The van der Waals surface area contributed by atoms with Crippen LogP contribution in [0.1, 0.15) is 42.4 Å². The van der Waals surface area contributed by atoms with Crippen molar-refractivity contribution >= 4 is 17.2 Å². The fraction of sp³-hybridized carbons (Fsp3) is 0.483. The third-order valence-corrected chi connectivity index (χ3v) is 7.06. The van der Waals surface area contributed by atoms with Gasteiger partial charge in [0, 0.05) is 24.2 Å². The van der Waals surface area contributed by atoms with Gasteiger partial charge in [0.2, 0.25) is 0 Å². The Hall–Kier alpha value is -3.01. The van der Waals surface area contributed by atoms with E-state index in [1.165, 1.54) is 58.2 Å². The summed E-state index contributed by atoms with van der Waals surface area (Å²) in [6.07, 6.45) is 6.79. The molecule has 2 aliphatic rings. The van der Waals surface area contributed by atoms with Crippen molar-refractivity contribution in [3.05, 3.63) is 59.4 Å². The highest BCUT2D eigenvalue weighted by molar-refractivity contribution is 7.80. The van der Waals surface area contributed by atoms with Crippen molar-refractivity contribution in [3.63, 3.8) is 0 Å². The van der Waals surface area contributed by atoms with E-state index >= 15 is 0 Å². The summed E-state index contributed by atoms with van der Waals surface area (Å²) in [5, 5.41) is 6.77. The summed E-state index contributed by atoms with van der Waals surface area (Å²) in [4.78, 5) is 9.49. The van der Waals surface area contributed by atoms with Gasteiger partial charge in [-0.05, 0) is 113 Å². The van der Waals surface area contributed by atoms with Gasteiger partial charge < -0.3 is 15.2 Å². The van der Waals surface area contributed by atoms with Crippen LogP contribution in [-0.4, -0.2) is 82.5 Å². The lowest BCUT2D eigenvalue weighted by Gasteiger charge is -2.15. The molecule has 0 radical (unpaired) electrons. The van der Waals surface area contributed by atoms with Crippen LogP contribution in [0, 0.1) is 13.8 Å². The van der Waals surface area contributed by atoms with Gasteiger partial charge in [-0.3, -0.25) is 14.9 Å². The second-order valence-electron chi connectivity index (χ2n) is 10.1. The van der Waals surface area contributed by atoms with Gasteiger partial charge in [-0.1, -0.05) is 12.2 Å². The first-order valence-electron chi connectivity index (χ1n) is 13.6. The lowest BCUT2D eigenvalue weighted by Crippen LogP contribution is -2.25. The highest BCUT2D eigenvalue weighted by Crippen LogP contribution is 2.23. The Kier molecular flexibility index (Phi) is 10.5. The number of hydrogen-bond acceptors (Lipinski definition) is 7. The quantitative estimate of drug-likeness (QED) is 0.369. The predicted octanol–water partition coefficient (Wildman–Crippen LogP) is 4.36. The molecule has 5 rings (SSSR count). The number of H-pyrrole nitrogens is 1. The van der Waals surface area contributed by atoms with Gasteiger partial charge in [0.25, 0.3) is 0 Å². The van der Waals surface area contributed by atoms with E-state index in [1.54, 1.807) is 0 Å². The van der Waals surface area contributed by atoms with E-state index < -0.39 is 0 Å². The van der Waals surface area contributed by atoms with Gasteiger partial charge in [-0.15, -0.1) is 0 Å². The average Bonchev–Trinajstić information content (AvgIpc) is 3.68. The number of aryl methyl sites for hydroxylation is 2. The van der Waals surface area contributed by atoms with Crippen LogP contribution >= 0.6 is 12.2 Å². The summed E-state index contributed by atoms with van der Waals surface area (Å²) in [7, 11) is 0. The van der Waals surface area contributed by atoms with E-state index in [0.717, 1.165) is 65.9 Å². The van der Waals surface area contributed by atoms with E-state index in [0.29, 0.717) is 4.99 Å². The first-order chi connectivity index (χ1) is 18.5. The number of benzene rings is 2. The molecule has 0 atom stereocenters. The number of ether oxygens (including phenoxy) is 2. The molecule has 2 saturated heterocycles. The van der Waals surface area contributed by atoms with Crippen molar-refractivity contribution in [2.24, 2.45) is 5.73 Å². The van der Waals surface area contributed by atoms with E-state index in [2.05, 4.69) is 44.0 Å². The van der Waals surface area contributed by atoms with Gasteiger partial charge in [0.1, 0.15) is 36.0 Å². The first-order valence-corrected chi connectivity index (χ1v) is 14.0. The molecule has 9 heteroatoms.